The second-order valence-electron chi connectivity index (χ2n) is 3.48. The average molecular weight is 251 g/mol. The summed E-state index contributed by atoms with van der Waals surface area (Å²) < 4.78 is 1.06. The average Bonchev–Trinajstić information content (AvgIpc) is 2.32. The lowest BCUT2D eigenvalue weighted by atomic mass is 10.4. The van der Waals surface area contributed by atoms with Crippen molar-refractivity contribution in [3.63, 3.8) is 0 Å². The summed E-state index contributed by atoms with van der Waals surface area (Å²) in [6.07, 6.45) is 6.33. The molecule has 0 aliphatic carbocycles. The lowest BCUT2D eigenvalue weighted by Crippen LogP contribution is -2.39. The summed E-state index contributed by atoms with van der Waals surface area (Å²) in [5.41, 5.74) is -1.19. The van der Waals surface area contributed by atoms with Crippen LogP contribution >= 0.6 is 0 Å². The number of aromatic amines is 1. The molecule has 0 saturated carbocycles. The Hall–Kier alpha value is -2.33. The smallest absolute Gasteiger partial charge is 0.328 e. The van der Waals surface area contributed by atoms with Crippen LogP contribution in [0.4, 0.5) is 0 Å². The SMILES string of the molecule is C#CCN(CCO)C(=O)Cn1ccc(=O)[nH]c1=O. The number of hydrogen-bond donors (Lipinski definition) is 2. The van der Waals surface area contributed by atoms with Gasteiger partial charge in [-0.25, -0.2) is 4.79 Å². The van der Waals surface area contributed by atoms with Gasteiger partial charge in [-0.1, -0.05) is 5.92 Å². The molecule has 96 valence electrons. The zero-order valence-electron chi connectivity index (χ0n) is 9.63. The Balaban J connectivity index is 2.82. The van der Waals surface area contributed by atoms with Crippen molar-refractivity contribution in [3.05, 3.63) is 33.1 Å². The van der Waals surface area contributed by atoms with E-state index in [1.807, 2.05) is 4.98 Å². The molecule has 0 aromatic carbocycles. The molecular weight excluding hydrogens is 238 g/mol. The van der Waals surface area contributed by atoms with Gasteiger partial charge in [-0.15, -0.1) is 6.42 Å². The van der Waals surface area contributed by atoms with Gasteiger partial charge in [0.1, 0.15) is 6.54 Å². The van der Waals surface area contributed by atoms with E-state index in [1.165, 1.54) is 11.1 Å². The number of aliphatic hydroxyl groups excluding tert-OH is 1. The quantitative estimate of drug-likeness (QED) is 0.591. The van der Waals surface area contributed by atoms with Crippen LogP contribution in [0, 0.1) is 12.3 Å². The number of carbonyl (C=O) groups excluding carboxylic acids is 1. The van der Waals surface area contributed by atoms with E-state index in [0.29, 0.717) is 0 Å². The first-order valence-electron chi connectivity index (χ1n) is 5.20. The van der Waals surface area contributed by atoms with Crippen LogP contribution in [-0.4, -0.2) is 45.2 Å². The molecule has 2 N–H and O–H groups in total. The molecule has 7 nitrogen and oxygen atoms in total. The van der Waals surface area contributed by atoms with Gasteiger partial charge in [-0.2, -0.15) is 0 Å². The van der Waals surface area contributed by atoms with Crippen LogP contribution in [0.25, 0.3) is 0 Å². The molecule has 7 heteroatoms. The van der Waals surface area contributed by atoms with Gasteiger partial charge in [0.25, 0.3) is 5.56 Å². The minimum Gasteiger partial charge on any atom is -0.395 e. The van der Waals surface area contributed by atoms with Crippen molar-refractivity contribution in [2.75, 3.05) is 19.7 Å². The van der Waals surface area contributed by atoms with Crippen LogP contribution in [0.5, 0.6) is 0 Å². The fourth-order valence-corrected chi connectivity index (χ4v) is 1.34. The highest BCUT2D eigenvalue weighted by Gasteiger charge is 2.13. The number of amides is 1. The van der Waals surface area contributed by atoms with Gasteiger partial charge in [-0.05, 0) is 0 Å². The maximum Gasteiger partial charge on any atom is 0.328 e. The van der Waals surface area contributed by atoms with Crippen molar-refractivity contribution in [1.29, 1.82) is 0 Å². The Labute approximate surface area is 103 Å². The predicted octanol–water partition coefficient (Wildman–Crippen LogP) is -2.01. The Kier molecular flexibility index (Phi) is 4.90. The fraction of sp³-hybridized carbons (Fsp3) is 0.364. The van der Waals surface area contributed by atoms with Crippen molar-refractivity contribution in [3.8, 4) is 12.3 Å². The maximum atomic E-state index is 11.8. The van der Waals surface area contributed by atoms with Gasteiger partial charge in [0.15, 0.2) is 0 Å². The van der Waals surface area contributed by atoms with E-state index in [4.69, 9.17) is 11.5 Å². The van der Waals surface area contributed by atoms with Gasteiger partial charge in [0, 0.05) is 18.8 Å². The molecular formula is C11H13N3O4. The second kappa shape index (κ2) is 6.42. The Morgan fingerprint density at radius 1 is 1.56 bits per heavy atom. The van der Waals surface area contributed by atoms with Crippen LogP contribution in [0.2, 0.25) is 0 Å². The van der Waals surface area contributed by atoms with E-state index in [1.54, 1.807) is 0 Å². The molecule has 18 heavy (non-hydrogen) atoms. The summed E-state index contributed by atoms with van der Waals surface area (Å²) in [6, 6.07) is 1.15. The number of nitrogens with zero attached hydrogens (tertiary/aromatic N) is 2. The van der Waals surface area contributed by atoms with E-state index >= 15 is 0 Å². The largest absolute Gasteiger partial charge is 0.395 e. The van der Waals surface area contributed by atoms with Crippen LogP contribution < -0.4 is 11.2 Å². The zero-order chi connectivity index (χ0) is 13.5. The van der Waals surface area contributed by atoms with Gasteiger partial charge in [0.2, 0.25) is 5.91 Å². The third-order valence-electron chi connectivity index (χ3n) is 2.21. The van der Waals surface area contributed by atoms with Gasteiger partial charge in [-0.3, -0.25) is 19.1 Å². The first-order valence-corrected chi connectivity index (χ1v) is 5.20. The summed E-state index contributed by atoms with van der Waals surface area (Å²) in [7, 11) is 0. The molecule has 1 heterocycles. The standard InChI is InChI=1S/C11H13N3O4/c1-2-4-13(6-7-15)10(17)8-14-5-3-9(16)12-11(14)18/h1,3,5,15H,4,6-8H2,(H,12,16,18). The third-order valence-corrected chi connectivity index (χ3v) is 2.21. The Bertz CT molecular complexity index is 567. The lowest BCUT2D eigenvalue weighted by molar-refractivity contribution is -0.131. The monoisotopic (exact) mass is 251 g/mol. The molecule has 1 aromatic rings. The topological polar surface area (TPSA) is 95.4 Å². The molecule has 0 unspecified atom stereocenters. The molecule has 0 spiro atoms. The van der Waals surface area contributed by atoms with E-state index < -0.39 is 17.2 Å². The fourth-order valence-electron chi connectivity index (χ4n) is 1.34. The molecule has 0 fully saturated rings. The van der Waals surface area contributed by atoms with E-state index in [2.05, 4.69) is 5.92 Å². The minimum atomic E-state index is -0.666. The summed E-state index contributed by atoms with van der Waals surface area (Å²) in [5.74, 6) is 1.89. The van der Waals surface area contributed by atoms with Gasteiger partial charge in [0.05, 0.1) is 13.2 Å². The highest BCUT2D eigenvalue weighted by molar-refractivity contribution is 5.76. The second-order valence-corrected chi connectivity index (χ2v) is 3.48. The number of H-pyrrole nitrogens is 1. The molecule has 0 atom stereocenters. The summed E-state index contributed by atoms with van der Waals surface area (Å²) in [5, 5.41) is 8.79. The molecule has 0 saturated heterocycles. The van der Waals surface area contributed by atoms with Crippen molar-refractivity contribution in [2.45, 2.75) is 6.54 Å². The number of terminal acetylenes is 1. The van der Waals surface area contributed by atoms with Crippen LogP contribution in [0.3, 0.4) is 0 Å². The van der Waals surface area contributed by atoms with E-state index in [9.17, 15) is 14.4 Å². The molecule has 0 bridgehead atoms. The number of aliphatic hydroxyl groups is 1. The first kappa shape index (κ1) is 13.7. The highest BCUT2D eigenvalue weighted by Crippen LogP contribution is 1.91. The van der Waals surface area contributed by atoms with Crippen LogP contribution in [-0.2, 0) is 11.3 Å². The molecule has 0 aliphatic heterocycles. The third kappa shape index (κ3) is 3.61. The van der Waals surface area contributed by atoms with Gasteiger partial charge < -0.3 is 10.0 Å². The van der Waals surface area contributed by atoms with E-state index in [-0.39, 0.29) is 26.2 Å². The number of nitrogens with one attached hydrogen (secondary N) is 1. The van der Waals surface area contributed by atoms with Crippen molar-refractivity contribution in [1.82, 2.24) is 14.5 Å². The number of hydrogen-bond acceptors (Lipinski definition) is 4. The summed E-state index contributed by atoms with van der Waals surface area (Å²) in [6.45, 7) is -0.302. The Morgan fingerprint density at radius 3 is 2.83 bits per heavy atom. The van der Waals surface area contributed by atoms with Crippen LogP contribution in [0.1, 0.15) is 0 Å². The number of carbonyl (C=O) groups is 1. The normalized spacial score (nSPS) is 9.78. The highest BCUT2D eigenvalue weighted by atomic mass is 16.3. The van der Waals surface area contributed by atoms with Gasteiger partial charge >= 0.3 is 5.69 Å². The predicted molar refractivity (Wildman–Crippen MR) is 63.8 cm³/mol. The Morgan fingerprint density at radius 2 is 2.28 bits per heavy atom. The van der Waals surface area contributed by atoms with Crippen molar-refractivity contribution < 1.29 is 9.90 Å². The summed E-state index contributed by atoms with van der Waals surface area (Å²) >= 11 is 0. The molecule has 1 rings (SSSR count). The minimum absolute atomic E-state index is 0.0531. The number of aromatic nitrogens is 2. The first-order chi connectivity index (χ1) is 8.58. The maximum absolute atomic E-state index is 11.8. The van der Waals surface area contributed by atoms with Crippen LogP contribution in [0.15, 0.2) is 21.9 Å². The van der Waals surface area contributed by atoms with Crippen molar-refractivity contribution in [2.24, 2.45) is 0 Å². The molecule has 0 aliphatic rings. The zero-order valence-corrected chi connectivity index (χ0v) is 9.63. The molecule has 1 aromatic heterocycles. The molecule has 1 amide bonds. The summed E-state index contributed by atoms with van der Waals surface area (Å²) in [4.78, 5) is 37.3. The molecule has 0 radical (unpaired) electrons. The lowest BCUT2D eigenvalue weighted by Gasteiger charge is -2.19. The van der Waals surface area contributed by atoms with E-state index in [0.717, 1.165) is 10.6 Å². The van der Waals surface area contributed by atoms with Crippen molar-refractivity contribution >= 4 is 5.91 Å². The number of rotatable bonds is 5.